The van der Waals surface area contributed by atoms with E-state index in [1.807, 2.05) is 5.32 Å². The molecule has 0 radical (unpaired) electrons. The lowest BCUT2D eigenvalue weighted by atomic mass is 10.3. The zero-order chi connectivity index (χ0) is 13.1. The molecule has 6 nitrogen and oxygen atoms in total. The minimum Gasteiger partial charge on any atom is -0.480 e. The van der Waals surface area contributed by atoms with E-state index in [9.17, 15) is 22.8 Å². The fourth-order valence-corrected chi connectivity index (χ4v) is 0.868. The highest BCUT2D eigenvalue weighted by molar-refractivity contribution is 5.93. The maximum absolute atomic E-state index is 12.2. The first kappa shape index (κ1) is 12.9. The van der Waals surface area contributed by atoms with Crippen LogP contribution in [-0.2, 0) is 11.0 Å². The first-order valence-corrected chi connectivity index (χ1v) is 4.21. The summed E-state index contributed by atoms with van der Waals surface area (Å²) in [6.45, 7) is -0.704. The third kappa shape index (κ3) is 3.70. The van der Waals surface area contributed by atoms with Crippen molar-refractivity contribution in [1.29, 1.82) is 0 Å². The Kier molecular flexibility index (Phi) is 3.61. The number of carbonyl (C=O) groups is 2. The van der Waals surface area contributed by atoms with E-state index in [-0.39, 0.29) is 0 Å². The molecule has 1 aromatic rings. The molecule has 0 aromatic carbocycles. The van der Waals surface area contributed by atoms with Crippen molar-refractivity contribution >= 4 is 11.9 Å². The molecule has 1 rings (SSSR count). The molecule has 0 fully saturated rings. The highest BCUT2D eigenvalue weighted by atomic mass is 19.4. The van der Waals surface area contributed by atoms with Gasteiger partial charge in [0.05, 0.1) is 0 Å². The number of hydrogen-bond donors (Lipinski definition) is 2. The van der Waals surface area contributed by atoms with Crippen LogP contribution in [0.3, 0.4) is 0 Å². The monoisotopic (exact) mass is 249 g/mol. The van der Waals surface area contributed by atoms with Crippen LogP contribution in [0.4, 0.5) is 13.2 Å². The van der Waals surface area contributed by atoms with Gasteiger partial charge in [0.25, 0.3) is 5.91 Å². The lowest BCUT2D eigenvalue weighted by molar-refractivity contribution is -0.145. The Labute approximate surface area is 92.5 Å². The standard InChI is InChI=1S/C8H6F3N3O3/c9-8(10,11)7-12-2-1-4(14-7)6(17)13-3-5(15)16/h1-2H,3H2,(H,13,17)(H,15,16). The van der Waals surface area contributed by atoms with Gasteiger partial charge in [-0.3, -0.25) is 9.59 Å². The van der Waals surface area contributed by atoms with Crippen molar-refractivity contribution in [2.24, 2.45) is 0 Å². The Morgan fingerprint density at radius 2 is 2.06 bits per heavy atom. The fraction of sp³-hybridized carbons (Fsp3) is 0.250. The van der Waals surface area contributed by atoms with Gasteiger partial charge in [-0.1, -0.05) is 0 Å². The van der Waals surface area contributed by atoms with Crippen molar-refractivity contribution in [3.63, 3.8) is 0 Å². The van der Waals surface area contributed by atoms with Crippen LogP contribution in [-0.4, -0.2) is 33.5 Å². The van der Waals surface area contributed by atoms with E-state index < -0.39 is 36.1 Å². The molecule has 0 saturated carbocycles. The van der Waals surface area contributed by atoms with Gasteiger partial charge in [0.1, 0.15) is 12.2 Å². The van der Waals surface area contributed by atoms with Gasteiger partial charge in [-0.05, 0) is 6.07 Å². The molecule has 2 N–H and O–H groups in total. The molecule has 1 heterocycles. The second-order valence-corrected chi connectivity index (χ2v) is 2.84. The maximum atomic E-state index is 12.2. The van der Waals surface area contributed by atoms with E-state index in [2.05, 4.69) is 9.97 Å². The number of alkyl halides is 3. The number of hydrogen-bond acceptors (Lipinski definition) is 4. The zero-order valence-electron chi connectivity index (χ0n) is 8.15. The predicted molar refractivity (Wildman–Crippen MR) is 47.0 cm³/mol. The molecule has 0 aliphatic rings. The average molecular weight is 249 g/mol. The number of halogens is 3. The number of nitrogens with one attached hydrogen (secondary N) is 1. The van der Waals surface area contributed by atoms with Crippen molar-refractivity contribution in [1.82, 2.24) is 15.3 Å². The summed E-state index contributed by atoms with van der Waals surface area (Å²) in [5.41, 5.74) is -0.548. The van der Waals surface area contributed by atoms with Gasteiger partial charge in [-0.25, -0.2) is 9.97 Å². The van der Waals surface area contributed by atoms with Crippen molar-refractivity contribution in [2.75, 3.05) is 6.54 Å². The molecule has 1 aromatic heterocycles. The normalized spacial score (nSPS) is 11.0. The molecule has 0 spiro atoms. The van der Waals surface area contributed by atoms with Crippen LogP contribution in [0.1, 0.15) is 16.3 Å². The summed E-state index contributed by atoms with van der Waals surface area (Å²) in [4.78, 5) is 27.3. The molecule has 1 amide bonds. The number of nitrogens with zero attached hydrogens (tertiary/aromatic N) is 2. The number of carboxylic acid groups (broad SMARTS) is 1. The van der Waals surface area contributed by atoms with Crippen molar-refractivity contribution in [3.8, 4) is 0 Å². The molecule has 0 atom stereocenters. The summed E-state index contributed by atoms with van der Waals surface area (Å²) in [6, 6.07) is 0.951. The van der Waals surface area contributed by atoms with E-state index in [0.717, 1.165) is 12.3 Å². The van der Waals surface area contributed by atoms with E-state index in [4.69, 9.17) is 5.11 Å². The van der Waals surface area contributed by atoms with Gasteiger partial charge >= 0.3 is 12.1 Å². The molecule has 17 heavy (non-hydrogen) atoms. The van der Waals surface area contributed by atoms with Gasteiger partial charge < -0.3 is 10.4 Å². The quantitative estimate of drug-likeness (QED) is 0.804. The lowest BCUT2D eigenvalue weighted by Gasteiger charge is -2.06. The zero-order valence-corrected chi connectivity index (χ0v) is 8.15. The second-order valence-electron chi connectivity index (χ2n) is 2.84. The van der Waals surface area contributed by atoms with E-state index in [0.29, 0.717) is 0 Å². The van der Waals surface area contributed by atoms with Crippen LogP contribution >= 0.6 is 0 Å². The molecule has 0 aliphatic heterocycles. The summed E-state index contributed by atoms with van der Waals surface area (Å²) in [7, 11) is 0. The van der Waals surface area contributed by atoms with Crippen molar-refractivity contribution < 1.29 is 27.9 Å². The largest absolute Gasteiger partial charge is 0.480 e. The second kappa shape index (κ2) is 4.76. The van der Waals surface area contributed by atoms with Gasteiger partial charge in [-0.15, -0.1) is 0 Å². The molecule has 0 saturated heterocycles. The number of rotatable bonds is 3. The van der Waals surface area contributed by atoms with Crippen LogP contribution in [0.15, 0.2) is 12.3 Å². The maximum Gasteiger partial charge on any atom is 0.451 e. The third-order valence-corrected chi connectivity index (χ3v) is 1.54. The average Bonchev–Trinajstić information content (AvgIpc) is 2.25. The van der Waals surface area contributed by atoms with Crippen LogP contribution in [0.25, 0.3) is 0 Å². The molecule has 9 heteroatoms. The Hall–Kier alpha value is -2.19. The molecule has 0 aliphatic carbocycles. The SMILES string of the molecule is O=C(O)CNC(=O)c1ccnc(C(F)(F)F)n1. The van der Waals surface area contributed by atoms with Crippen molar-refractivity contribution in [2.45, 2.75) is 6.18 Å². The minimum atomic E-state index is -4.76. The highest BCUT2D eigenvalue weighted by Gasteiger charge is 2.35. The van der Waals surface area contributed by atoms with Gasteiger partial charge in [0.2, 0.25) is 5.82 Å². The predicted octanol–water partition coefficient (Wildman–Crippen LogP) is 0.310. The number of aromatic nitrogens is 2. The summed E-state index contributed by atoms with van der Waals surface area (Å²) in [5.74, 6) is -3.79. The van der Waals surface area contributed by atoms with E-state index >= 15 is 0 Å². The third-order valence-electron chi connectivity index (χ3n) is 1.54. The Bertz CT molecular complexity index is 447. The minimum absolute atomic E-state index is 0.548. The van der Waals surface area contributed by atoms with Crippen LogP contribution in [0.2, 0.25) is 0 Å². The molecule has 92 valence electrons. The molecular formula is C8H6F3N3O3. The van der Waals surface area contributed by atoms with E-state index in [1.54, 1.807) is 0 Å². The summed E-state index contributed by atoms with van der Waals surface area (Å²) < 4.78 is 36.6. The van der Waals surface area contributed by atoms with Crippen LogP contribution in [0.5, 0.6) is 0 Å². The summed E-state index contributed by atoms with van der Waals surface area (Å²) >= 11 is 0. The fourth-order valence-electron chi connectivity index (χ4n) is 0.868. The van der Waals surface area contributed by atoms with E-state index in [1.165, 1.54) is 0 Å². The Morgan fingerprint density at radius 1 is 1.41 bits per heavy atom. The van der Waals surface area contributed by atoms with Crippen molar-refractivity contribution in [3.05, 3.63) is 23.8 Å². The van der Waals surface area contributed by atoms with Gasteiger partial charge in [0, 0.05) is 6.20 Å². The summed E-state index contributed by atoms with van der Waals surface area (Å²) in [5, 5.41) is 10.1. The van der Waals surface area contributed by atoms with Crippen LogP contribution in [0, 0.1) is 0 Å². The first-order valence-electron chi connectivity index (χ1n) is 4.21. The number of carboxylic acids is 1. The Balaban J connectivity index is 2.85. The van der Waals surface area contributed by atoms with Gasteiger partial charge in [-0.2, -0.15) is 13.2 Å². The molecule has 0 unspecified atom stereocenters. The molecular weight excluding hydrogens is 243 g/mol. The van der Waals surface area contributed by atoms with Gasteiger partial charge in [0.15, 0.2) is 0 Å². The topological polar surface area (TPSA) is 92.2 Å². The number of amides is 1. The Morgan fingerprint density at radius 3 is 2.59 bits per heavy atom. The highest BCUT2D eigenvalue weighted by Crippen LogP contribution is 2.25. The number of aliphatic carboxylic acids is 1. The smallest absolute Gasteiger partial charge is 0.451 e. The van der Waals surface area contributed by atoms with Crippen LogP contribution < -0.4 is 5.32 Å². The summed E-state index contributed by atoms with van der Waals surface area (Å²) in [6.07, 6.45) is -3.99. The number of carbonyl (C=O) groups excluding carboxylic acids is 1. The first-order chi connectivity index (χ1) is 7.80. The lowest BCUT2D eigenvalue weighted by Crippen LogP contribution is -2.30. The molecule has 0 bridgehead atoms.